The minimum absolute atomic E-state index is 0.661. The lowest BCUT2D eigenvalue weighted by Crippen LogP contribution is -2.73. The van der Waals surface area contributed by atoms with Crippen LogP contribution in [0, 0.1) is 35.0 Å². The maximum Gasteiger partial charge on any atom is 0.336 e. The second-order valence-corrected chi connectivity index (χ2v) is 20.2. The SMILES string of the molecule is [2H]CC(O)C(O)C1OC(CC(C2(C(=O)O)CC(O)C(NC(C)=O)C(C(O)C(O)CO)O2)C(C)(CC2(C(=O)O)CC(O)C(NC(C)=O)C(C(O)C(O)CO)O2)C(C(C)C)C(C)C)(C(=O)O)CC(O)C1C. The highest BCUT2D eigenvalue weighted by Gasteiger charge is 2.69. The lowest BCUT2D eigenvalue weighted by Gasteiger charge is -2.60. The van der Waals surface area contributed by atoms with Gasteiger partial charge in [-0.2, -0.15) is 0 Å². The van der Waals surface area contributed by atoms with E-state index in [1.54, 1.807) is 27.7 Å². The van der Waals surface area contributed by atoms with Gasteiger partial charge in [-0.3, -0.25) is 9.59 Å². The third-order valence-corrected chi connectivity index (χ3v) is 14.5. The number of rotatable bonds is 22. The van der Waals surface area contributed by atoms with E-state index in [9.17, 15) is 95.5 Å². The number of hydrogen-bond acceptors (Lipinski definition) is 19. The van der Waals surface area contributed by atoms with Gasteiger partial charge < -0.3 is 96.3 Å². The van der Waals surface area contributed by atoms with E-state index >= 15 is 0 Å². The summed E-state index contributed by atoms with van der Waals surface area (Å²) >= 11 is 0. The van der Waals surface area contributed by atoms with Crippen LogP contribution in [0.2, 0.25) is 0 Å². The van der Waals surface area contributed by atoms with Crippen molar-refractivity contribution < 1.29 is 111 Å². The topological polar surface area (TPSA) is 420 Å². The van der Waals surface area contributed by atoms with Gasteiger partial charge in [0, 0.05) is 46.3 Å². The van der Waals surface area contributed by atoms with Gasteiger partial charge in [0.1, 0.15) is 42.7 Å². The van der Waals surface area contributed by atoms with Crippen molar-refractivity contribution >= 4 is 29.7 Å². The molecule has 3 rings (SSSR count). The number of carbonyl (C=O) groups excluding carboxylic acids is 2. The van der Waals surface area contributed by atoms with Crippen LogP contribution < -0.4 is 10.6 Å². The third kappa shape index (κ3) is 11.9. The Hall–Kier alpha value is -3.21. The van der Waals surface area contributed by atoms with E-state index < -0.39 is 219 Å². The van der Waals surface area contributed by atoms with Gasteiger partial charge in [0.2, 0.25) is 11.8 Å². The molecule has 68 heavy (non-hydrogen) atoms. The molecule has 3 aliphatic heterocycles. The summed E-state index contributed by atoms with van der Waals surface area (Å²) in [6, 6.07) is -3.39. The molecule has 0 aromatic heterocycles. The summed E-state index contributed by atoms with van der Waals surface area (Å²) in [5.41, 5.74) is -10.9. The number of nitrogens with one attached hydrogen (secondary N) is 2. The molecule has 16 N–H and O–H groups in total. The molecule has 0 bridgehead atoms. The summed E-state index contributed by atoms with van der Waals surface area (Å²) in [7, 11) is 0. The number of carboxylic acid groups (broad SMARTS) is 3. The van der Waals surface area contributed by atoms with Crippen LogP contribution in [0.5, 0.6) is 0 Å². The van der Waals surface area contributed by atoms with Crippen LogP contribution >= 0.6 is 0 Å². The molecule has 0 saturated carbocycles. The lowest BCUT2D eigenvalue weighted by molar-refractivity contribution is -0.284. The van der Waals surface area contributed by atoms with Crippen LogP contribution in [-0.4, -0.2) is 217 Å². The number of carboxylic acids is 3. The predicted octanol–water partition coefficient (Wildman–Crippen LogP) is -3.95. The first-order valence-corrected chi connectivity index (χ1v) is 22.7. The molecule has 20 atom stereocenters. The highest BCUT2D eigenvalue weighted by atomic mass is 16.6. The Morgan fingerprint density at radius 3 is 1.49 bits per heavy atom. The monoisotopic (exact) mass is 985 g/mol. The standard InChI is InChI=1S/C44H76N2O22/c1-17(2)29(18(3)4)41(9,16-43(39(62)63)11-24(53)30(45-21(7)50)36(67-43)33(58)26(55)14-47)28(13-42(38(60)61)10-23(52)19(5)35(66-42)32(57)20(6)49)44(40(64)65)12-25(54)31(46-22(8)51)37(68-44)34(59)27(56)15-48/h17-20,23-37,47-49,52-59H,10-16H2,1-9H3,(H,45,50)(H,46,51)(H,60,61)(H,62,63)(H,64,65)/i6D. The van der Waals surface area contributed by atoms with Gasteiger partial charge in [0.05, 0.1) is 55.8 Å². The number of amides is 2. The van der Waals surface area contributed by atoms with Gasteiger partial charge in [-0.05, 0) is 42.9 Å². The molecule has 24 nitrogen and oxygen atoms in total. The van der Waals surface area contributed by atoms with Crippen LogP contribution in [0.25, 0.3) is 0 Å². The Kier molecular flexibility index (Phi) is 19.3. The zero-order valence-corrected chi connectivity index (χ0v) is 39.7. The molecule has 0 radical (unpaired) electrons. The van der Waals surface area contributed by atoms with Crippen LogP contribution in [-0.2, 0) is 38.2 Å². The summed E-state index contributed by atoms with van der Waals surface area (Å²) in [5, 5.41) is 161. The highest BCUT2D eigenvalue weighted by Crippen LogP contribution is 2.60. The van der Waals surface area contributed by atoms with E-state index in [0.29, 0.717) is 0 Å². The summed E-state index contributed by atoms with van der Waals surface area (Å²) in [5.74, 6) is -13.0. The van der Waals surface area contributed by atoms with Gasteiger partial charge in [-0.1, -0.05) is 41.5 Å². The average molecular weight is 986 g/mol. The van der Waals surface area contributed by atoms with Gasteiger partial charge in [0.15, 0.2) is 16.8 Å². The Morgan fingerprint density at radius 2 is 1.09 bits per heavy atom. The first kappa shape index (κ1) is 57.4. The molecule has 2 amide bonds. The molecule has 0 aromatic carbocycles. The Balaban J connectivity index is 2.66. The summed E-state index contributed by atoms with van der Waals surface area (Å²) in [6.07, 6.45) is -29.4. The molecule has 394 valence electrons. The van der Waals surface area contributed by atoms with E-state index in [4.69, 9.17) is 15.6 Å². The molecule has 20 unspecified atom stereocenters. The van der Waals surface area contributed by atoms with E-state index in [1.165, 1.54) is 13.8 Å². The fourth-order valence-electron chi connectivity index (χ4n) is 11.7. The van der Waals surface area contributed by atoms with Crippen molar-refractivity contribution in [1.29, 1.82) is 0 Å². The molecule has 0 aliphatic carbocycles. The fraction of sp³-hybridized carbons (Fsp3) is 0.886. The van der Waals surface area contributed by atoms with Crippen LogP contribution in [0.15, 0.2) is 0 Å². The second kappa shape index (κ2) is 22.9. The number of hydrogen-bond donors (Lipinski definition) is 16. The molecule has 24 heteroatoms. The molecular weight excluding hydrogens is 908 g/mol. The smallest absolute Gasteiger partial charge is 0.336 e. The zero-order valence-electron chi connectivity index (χ0n) is 40.7. The fourth-order valence-corrected chi connectivity index (χ4v) is 11.7. The van der Waals surface area contributed by atoms with Crippen LogP contribution in [0.4, 0.5) is 0 Å². The predicted molar refractivity (Wildman–Crippen MR) is 232 cm³/mol. The minimum atomic E-state index is -3.10. The molecular formula is C44H76N2O22. The first-order valence-electron chi connectivity index (χ1n) is 23.4. The summed E-state index contributed by atoms with van der Waals surface area (Å²) in [4.78, 5) is 67.6. The van der Waals surface area contributed by atoms with Crippen LogP contribution in [0.3, 0.4) is 0 Å². The minimum Gasteiger partial charge on any atom is -0.479 e. The van der Waals surface area contributed by atoms with Gasteiger partial charge in [-0.25, -0.2) is 14.4 Å². The first-order chi connectivity index (χ1) is 31.8. The molecule has 3 heterocycles. The maximum absolute atomic E-state index is 14.5. The summed E-state index contributed by atoms with van der Waals surface area (Å²) in [6.45, 7) is 8.25. The molecule has 0 aromatic rings. The van der Waals surface area contributed by atoms with Crippen molar-refractivity contribution in [2.45, 2.75) is 197 Å². The van der Waals surface area contributed by atoms with Crippen molar-refractivity contribution in [2.75, 3.05) is 13.2 Å². The zero-order chi connectivity index (χ0) is 53.0. The van der Waals surface area contributed by atoms with Gasteiger partial charge >= 0.3 is 17.9 Å². The van der Waals surface area contributed by atoms with Crippen molar-refractivity contribution in [3.05, 3.63) is 0 Å². The average Bonchev–Trinajstić information content (AvgIpc) is 3.25. The van der Waals surface area contributed by atoms with E-state index in [1.807, 2.05) is 0 Å². The van der Waals surface area contributed by atoms with Crippen molar-refractivity contribution in [3.8, 4) is 0 Å². The van der Waals surface area contributed by atoms with Crippen LogP contribution in [0.1, 0.15) is 95.8 Å². The highest BCUT2D eigenvalue weighted by molar-refractivity contribution is 5.81. The van der Waals surface area contributed by atoms with Crippen molar-refractivity contribution in [3.63, 3.8) is 0 Å². The Morgan fingerprint density at radius 1 is 0.662 bits per heavy atom. The molecule has 3 fully saturated rings. The van der Waals surface area contributed by atoms with E-state index in [-0.39, 0.29) is 0 Å². The largest absolute Gasteiger partial charge is 0.479 e. The van der Waals surface area contributed by atoms with E-state index in [2.05, 4.69) is 10.6 Å². The second-order valence-electron chi connectivity index (χ2n) is 20.2. The number of aliphatic hydroxyl groups is 11. The molecule has 3 aliphatic rings. The van der Waals surface area contributed by atoms with E-state index in [0.717, 1.165) is 13.8 Å². The van der Waals surface area contributed by atoms with Gasteiger partial charge in [-0.15, -0.1) is 0 Å². The Labute approximate surface area is 395 Å². The number of ether oxygens (including phenoxy) is 3. The molecule has 3 saturated heterocycles. The third-order valence-electron chi connectivity index (χ3n) is 14.5. The Bertz CT molecular complexity index is 1770. The number of aliphatic hydroxyl groups excluding tert-OH is 11. The van der Waals surface area contributed by atoms with Crippen molar-refractivity contribution in [2.24, 2.45) is 35.0 Å². The lowest BCUT2D eigenvalue weighted by atomic mass is 9.50. The normalized spacial score (nSPS) is 36.6. The molecule has 0 spiro atoms. The van der Waals surface area contributed by atoms with Gasteiger partial charge in [0.25, 0.3) is 0 Å². The number of carbonyl (C=O) groups is 5. The quantitative estimate of drug-likeness (QED) is 0.0492. The summed E-state index contributed by atoms with van der Waals surface area (Å²) < 4.78 is 26.6. The number of aliphatic carboxylic acids is 3. The maximum atomic E-state index is 14.5. The van der Waals surface area contributed by atoms with Crippen molar-refractivity contribution in [1.82, 2.24) is 10.6 Å².